The minimum Gasteiger partial charge on any atom is -0.396 e. The molecule has 92 valence electrons. The zero-order valence-corrected chi connectivity index (χ0v) is 8.99. The maximum Gasteiger partial charge on any atom is 0.146 e. The number of rotatable bonds is 5. The van der Waals surface area contributed by atoms with Crippen LogP contribution in [0, 0.1) is 5.82 Å². The van der Waals surface area contributed by atoms with E-state index in [0.29, 0.717) is 5.56 Å². The van der Waals surface area contributed by atoms with Gasteiger partial charge in [-0.1, -0.05) is 11.2 Å². The van der Waals surface area contributed by atoms with E-state index < -0.39 is 18.0 Å². The third-order valence-electron chi connectivity index (χ3n) is 2.31. The van der Waals surface area contributed by atoms with Crippen molar-refractivity contribution >= 4 is 5.69 Å². The van der Waals surface area contributed by atoms with Crippen LogP contribution in [-0.4, -0.2) is 22.9 Å². The first-order chi connectivity index (χ1) is 8.06. The van der Waals surface area contributed by atoms with E-state index in [1.54, 1.807) is 0 Å². The van der Waals surface area contributed by atoms with Gasteiger partial charge in [-0.05, 0) is 29.6 Å². The molecule has 0 spiro atoms. The highest BCUT2D eigenvalue weighted by molar-refractivity contribution is 5.43. The Labute approximate surface area is 97.1 Å². The monoisotopic (exact) mass is 240 g/mol. The third kappa shape index (κ3) is 3.60. The van der Waals surface area contributed by atoms with Crippen LogP contribution in [0.15, 0.2) is 23.3 Å². The van der Waals surface area contributed by atoms with Gasteiger partial charge in [0.1, 0.15) is 11.9 Å². The topological polar surface area (TPSA) is 115 Å². The molecule has 0 saturated carbocycles. The fourth-order valence-electron chi connectivity index (χ4n) is 1.36. The summed E-state index contributed by atoms with van der Waals surface area (Å²) in [5, 5.41) is 22.6. The second kappa shape index (κ2) is 6.05. The molecule has 0 aliphatic heterocycles. The summed E-state index contributed by atoms with van der Waals surface area (Å²) in [5.74, 6) is -0.579. The standard InChI is InChI=1S/C10H13FN4O2/c11-7-2-1-6(5-8(7)12)10(17)9(16)3-4-14-15-13/h1-2,5,9-10,16-17H,3-4,12H2. The molecule has 0 bridgehead atoms. The van der Waals surface area contributed by atoms with Gasteiger partial charge >= 0.3 is 0 Å². The van der Waals surface area contributed by atoms with Gasteiger partial charge in [0.15, 0.2) is 0 Å². The Kier molecular flexibility index (Phi) is 4.71. The van der Waals surface area contributed by atoms with E-state index in [0.717, 1.165) is 6.07 Å². The largest absolute Gasteiger partial charge is 0.396 e. The Hall–Kier alpha value is -1.82. The molecule has 0 heterocycles. The van der Waals surface area contributed by atoms with Crippen LogP contribution in [0.4, 0.5) is 10.1 Å². The number of aliphatic hydroxyl groups is 2. The molecule has 2 unspecified atom stereocenters. The summed E-state index contributed by atoms with van der Waals surface area (Å²) in [4.78, 5) is 2.53. The molecular formula is C10H13FN4O2. The third-order valence-corrected chi connectivity index (χ3v) is 2.31. The van der Waals surface area contributed by atoms with Crippen LogP contribution >= 0.6 is 0 Å². The van der Waals surface area contributed by atoms with Gasteiger partial charge < -0.3 is 15.9 Å². The van der Waals surface area contributed by atoms with Gasteiger partial charge in [-0.2, -0.15) is 0 Å². The Morgan fingerprint density at radius 1 is 1.47 bits per heavy atom. The Balaban J connectivity index is 2.70. The first-order valence-electron chi connectivity index (χ1n) is 4.98. The molecule has 0 radical (unpaired) electrons. The normalized spacial score (nSPS) is 13.8. The van der Waals surface area contributed by atoms with Crippen molar-refractivity contribution in [1.29, 1.82) is 0 Å². The Morgan fingerprint density at radius 2 is 2.18 bits per heavy atom. The molecule has 0 aromatic heterocycles. The fourth-order valence-corrected chi connectivity index (χ4v) is 1.36. The highest BCUT2D eigenvalue weighted by Crippen LogP contribution is 2.22. The average molecular weight is 240 g/mol. The van der Waals surface area contributed by atoms with E-state index in [-0.39, 0.29) is 18.7 Å². The van der Waals surface area contributed by atoms with Gasteiger partial charge in [0.25, 0.3) is 0 Å². The predicted molar refractivity (Wildman–Crippen MR) is 60.4 cm³/mol. The molecule has 0 saturated heterocycles. The lowest BCUT2D eigenvalue weighted by molar-refractivity contribution is 0.0150. The van der Waals surface area contributed by atoms with Crippen molar-refractivity contribution in [3.05, 3.63) is 40.0 Å². The molecule has 1 aromatic carbocycles. The Bertz CT molecular complexity index is 434. The molecule has 1 rings (SSSR count). The molecule has 0 fully saturated rings. The number of benzene rings is 1. The number of halogens is 1. The minimum atomic E-state index is -1.19. The van der Waals surface area contributed by atoms with E-state index in [1.807, 2.05) is 0 Å². The second-order valence-corrected chi connectivity index (χ2v) is 3.54. The smallest absolute Gasteiger partial charge is 0.146 e. The second-order valence-electron chi connectivity index (χ2n) is 3.54. The van der Waals surface area contributed by atoms with Crippen molar-refractivity contribution in [2.24, 2.45) is 5.11 Å². The number of azide groups is 1. The van der Waals surface area contributed by atoms with Gasteiger partial charge in [-0.25, -0.2) is 4.39 Å². The molecule has 6 nitrogen and oxygen atoms in total. The van der Waals surface area contributed by atoms with Crippen LogP contribution in [0.25, 0.3) is 10.4 Å². The number of anilines is 1. The van der Waals surface area contributed by atoms with E-state index in [9.17, 15) is 14.6 Å². The predicted octanol–water partition coefficient (Wildman–Crippen LogP) is 1.50. The molecule has 17 heavy (non-hydrogen) atoms. The molecule has 1 aromatic rings. The molecule has 0 aliphatic carbocycles. The molecule has 2 atom stereocenters. The van der Waals surface area contributed by atoms with Crippen LogP contribution in [0.3, 0.4) is 0 Å². The fraction of sp³-hybridized carbons (Fsp3) is 0.400. The van der Waals surface area contributed by atoms with Crippen molar-refractivity contribution in [2.75, 3.05) is 12.3 Å². The van der Waals surface area contributed by atoms with Crippen LogP contribution < -0.4 is 5.73 Å². The van der Waals surface area contributed by atoms with Crippen molar-refractivity contribution in [2.45, 2.75) is 18.6 Å². The number of aliphatic hydroxyl groups excluding tert-OH is 2. The maximum atomic E-state index is 12.9. The van der Waals surface area contributed by atoms with E-state index in [1.165, 1.54) is 12.1 Å². The summed E-state index contributed by atoms with van der Waals surface area (Å²) in [5.41, 5.74) is 13.6. The zero-order valence-electron chi connectivity index (χ0n) is 8.99. The quantitative estimate of drug-likeness (QED) is 0.313. The lowest BCUT2D eigenvalue weighted by atomic mass is 10.0. The van der Waals surface area contributed by atoms with Crippen molar-refractivity contribution in [3.8, 4) is 0 Å². The van der Waals surface area contributed by atoms with E-state index >= 15 is 0 Å². The summed E-state index contributed by atoms with van der Waals surface area (Å²) in [7, 11) is 0. The maximum absolute atomic E-state index is 12.9. The van der Waals surface area contributed by atoms with Gasteiger partial charge in [0.05, 0.1) is 11.8 Å². The SMILES string of the molecule is [N-]=[N+]=NCCC(O)C(O)c1ccc(F)c(N)c1. The van der Waals surface area contributed by atoms with E-state index in [4.69, 9.17) is 11.3 Å². The summed E-state index contributed by atoms with van der Waals surface area (Å²) in [6.07, 6.45) is -2.17. The van der Waals surface area contributed by atoms with Crippen LogP contribution in [0.1, 0.15) is 18.1 Å². The highest BCUT2D eigenvalue weighted by atomic mass is 19.1. The first kappa shape index (κ1) is 13.2. The number of nitrogens with two attached hydrogens (primary N) is 1. The molecule has 0 amide bonds. The van der Waals surface area contributed by atoms with Crippen LogP contribution in [0.2, 0.25) is 0 Å². The van der Waals surface area contributed by atoms with Crippen molar-refractivity contribution in [3.63, 3.8) is 0 Å². The molecule has 0 aliphatic rings. The Morgan fingerprint density at radius 3 is 2.76 bits per heavy atom. The number of hydrogen-bond acceptors (Lipinski definition) is 4. The lowest BCUT2D eigenvalue weighted by Crippen LogP contribution is -2.19. The van der Waals surface area contributed by atoms with Gasteiger partial charge in [-0.3, -0.25) is 0 Å². The summed E-state index contributed by atoms with van der Waals surface area (Å²) >= 11 is 0. The van der Waals surface area contributed by atoms with Crippen molar-refractivity contribution in [1.82, 2.24) is 0 Å². The molecule has 4 N–H and O–H groups in total. The van der Waals surface area contributed by atoms with Gasteiger partial charge in [0.2, 0.25) is 0 Å². The van der Waals surface area contributed by atoms with Crippen LogP contribution in [-0.2, 0) is 0 Å². The average Bonchev–Trinajstić information content (AvgIpc) is 2.32. The summed E-state index contributed by atoms with van der Waals surface area (Å²) in [6, 6.07) is 3.72. The lowest BCUT2D eigenvalue weighted by Gasteiger charge is -2.17. The van der Waals surface area contributed by atoms with E-state index in [2.05, 4.69) is 10.0 Å². The molecular weight excluding hydrogens is 227 g/mol. The number of nitrogen functional groups attached to an aromatic ring is 1. The van der Waals surface area contributed by atoms with Gasteiger partial charge in [0, 0.05) is 11.5 Å². The van der Waals surface area contributed by atoms with Crippen molar-refractivity contribution < 1.29 is 14.6 Å². The number of nitrogens with zero attached hydrogens (tertiary/aromatic N) is 3. The highest BCUT2D eigenvalue weighted by Gasteiger charge is 2.18. The number of hydrogen-bond donors (Lipinski definition) is 3. The first-order valence-corrected chi connectivity index (χ1v) is 4.98. The minimum absolute atomic E-state index is 0.0748. The molecule has 7 heteroatoms. The zero-order chi connectivity index (χ0) is 12.8. The van der Waals surface area contributed by atoms with Crippen LogP contribution in [0.5, 0.6) is 0 Å². The summed E-state index contributed by atoms with van der Waals surface area (Å²) < 4.78 is 12.9. The summed E-state index contributed by atoms with van der Waals surface area (Å²) in [6.45, 7) is 0.0748. The van der Waals surface area contributed by atoms with Gasteiger partial charge in [-0.15, -0.1) is 0 Å².